The highest BCUT2D eigenvalue weighted by Gasteiger charge is 2.62. The summed E-state index contributed by atoms with van der Waals surface area (Å²) < 4.78 is 43.5. The summed E-state index contributed by atoms with van der Waals surface area (Å²) in [6.45, 7) is -3.25. The van der Waals surface area contributed by atoms with Crippen LogP contribution in [-0.2, 0) is 16.0 Å². The van der Waals surface area contributed by atoms with Crippen LogP contribution in [-0.4, -0.2) is 19.6 Å². The molecule has 1 saturated carbocycles. The number of rotatable bonds is 6. The van der Waals surface area contributed by atoms with Crippen LogP contribution in [0.4, 0.5) is 12.9 Å². The van der Waals surface area contributed by atoms with E-state index in [4.69, 9.17) is 4.74 Å². The number of esters is 1. The smallest absolute Gasteiger partial charge is 0.466 e. The Hall–Kier alpha value is -1.46. The van der Waals surface area contributed by atoms with Crippen LogP contribution >= 0.6 is 0 Å². The largest absolute Gasteiger partial charge is 0.482 e. The minimum atomic E-state index is -4.98. The van der Waals surface area contributed by atoms with E-state index in [2.05, 4.69) is 0 Å². The first-order chi connectivity index (χ1) is 9.45. The molecule has 0 N–H and O–H groups in total. The lowest BCUT2D eigenvalue weighted by atomic mass is 9.80. The number of hydrogen-bond acceptors (Lipinski definition) is 2. The van der Waals surface area contributed by atoms with E-state index in [1.165, 1.54) is 0 Å². The minimum absolute atomic E-state index is 0.123. The van der Waals surface area contributed by atoms with Gasteiger partial charge in [0.2, 0.25) is 0 Å². The maximum atomic E-state index is 12.9. The molecule has 1 fully saturated rings. The molecule has 1 aliphatic rings. The molecule has 1 aromatic rings. The van der Waals surface area contributed by atoms with Crippen molar-refractivity contribution in [2.24, 2.45) is 11.8 Å². The van der Waals surface area contributed by atoms with E-state index >= 15 is 0 Å². The van der Waals surface area contributed by atoms with Gasteiger partial charge in [-0.2, -0.15) is 0 Å². The van der Waals surface area contributed by atoms with Gasteiger partial charge >= 0.3 is 12.9 Å². The first-order valence-electron chi connectivity index (χ1n) is 6.85. The highest BCUT2D eigenvalue weighted by molar-refractivity contribution is 6.62. The standard InChI is InChI=1S/C14H17BF3O2/c1-2-20-14(19)12-11(13(12)15(16,17)18)9-8-10-6-4-3-5-7-10/h3-7,11-13H,2,8-9H2,1H3/q-1/t11?,12-,13-/m0/s1. The summed E-state index contributed by atoms with van der Waals surface area (Å²) in [7, 11) is 0. The lowest BCUT2D eigenvalue weighted by Crippen LogP contribution is -2.19. The van der Waals surface area contributed by atoms with Crippen LogP contribution in [0, 0.1) is 11.8 Å². The summed E-state index contributed by atoms with van der Waals surface area (Å²) in [5, 5.41) is 0. The summed E-state index contributed by atoms with van der Waals surface area (Å²) in [6, 6.07) is 9.35. The maximum absolute atomic E-state index is 12.9. The molecule has 3 atom stereocenters. The Morgan fingerprint density at radius 2 is 1.90 bits per heavy atom. The number of carbonyl (C=O) groups is 1. The molecule has 1 aromatic carbocycles. The van der Waals surface area contributed by atoms with Gasteiger partial charge in [0.25, 0.3) is 0 Å². The average molecular weight is 285 g/mol. The lowest BCUT2D eigenvalue weighted by Gasteiger charge is -2.13. The molecule has 6 heteroatoms. The lowest BCUT2D eigenvalue weighted by molar-refractivity contribution is -0.145. The summed E-state index contributed by atoms with van der Waals surface area (Å²) in [6.07, 6.45) is 0.934. The zero-order valence-corrected chi connectivity index (χ0v) is 11.3. The number of benzene rings is 1. The summed E-state index contributed by atoms with van der Waals surface area (Å²) >= 11 is 0. The molecule has 0 bridgehead atoms. The first kappa shape index (κ1) is 14.9. The number of carbonyl (C=O) groups excluding carboxylic acids is 1. The van der Waals surface area contributed by atoms with Crippen LogP contribution in [0.5, 0.6) is 0 Å². The Labute approximate surface area is 116 Å². The number of hydrogen-bond donors (Lipinski definition) is 0. The van der Waals surface area contributed by atoms with Crippen molar-refractivity contribution in [2.45, 2.75) is 25.6 Å². The molecule has 0 spiro atoms. The molecule has 0 amide bonds. The van der Waals surface area contributed by atoms with Gasteiger partial charge < -0.3 is 17.7 Å². The number of aryl methyl sites for hydroxylation is 1. The molecular formula is C14H17BF3O2-. The predicted molar refractivity (Wildman–Crippen MR) is 71.2 cm³/mol. The zero-order chi connectivity index (χ0) is 14.8. The van der Waals surface area contributed by atoms with Gasteiger partial charge in [0.15, 0.2) is 0 Å². The molecule has 2 rings (SSSR count). The number of halogens is 3. The zero-order valence-electron chi connectivity index (χ0n) is 11.3. The fraction of sp³-hybridized carbons (Fsp3) is 0.500. The Morgan fingerprint density at radius 1 is 1.25 bits per heavy atom. The monoisotopic (exact) mass is 285 g/mol. The second kappa shape index (κ2) is 5.89. The van der Waals surface area contributed by atoms with Gasteiger partial charge in [-0.15, -0.1) is 0 Å². The van der Waals surface area contributed by atoms with Gasteiger partial charge in [0.1, 0.15) is 0 Å². The van der Waals surface area contributed by atoms with Gasteiger partial charge in [-0.25, -0.2) is 0 Å². The van der Waals surface area contributed by atoms with E-state index < -0.39 is 30.6 Å². The SMILES string of the molecule is CCOC(=O)[C@H]1C(CCc2ccccc2)[C@@H]1[B-](F)(F)F. The molecule has 0 heterocycles. The Bertz CT molecular complexity index is 461. The third kappa shape index (κ3) is 3.35. The van der Waals surface area contributed by atoms with E-state index in [1.807, 2.05) is 30.3 Å². The highest BCUT2D eigenvalue weighted by Crippen LogP contribution is 2.61. The van der Waals surface area contributed by atoms with Crippen molar-refractivity contribution >= 4 is 12.9 Å². The summed E-state index contributed by atoms with van der Waals surface area (Å²) in [4.78, 5) is 11.6. The second-order valence-electron chi connectivity index (χ2n) is 5.17. The van der Waals surface area contributed by atoms with E-state index in [0.717, 1.165) is 5.56 Å². The van der Waals surface area contributed by atoms with Crippen LogP contribution in [0.1, 0.15) is 18.9 Å². The predicted octanol–water partition coefficient (Wildman–Crippen LogP) is 3.65. The Balaban J connectivity index is 1.97. The van der Waals surface area contributed by atoms with Gasteiger partial charge in [-0.05, 0) is 25.3 Å². The van der Waals surface area contributed by atoms with Crippen molar-refractivity contribution in [1.82, 2.24) is 0 Å². The van der Waals surface area contributed by atoms with Crippen molar-refractivity contribution < 1.29 is 22.5 Å². The molecule has 0 radical (unpaired) electrons. The van der Waals surface area contributed by atoms with Crippen LogP contribution in [0.2, 0.25) is 5.82 Å². The van der Waals surface area contributed by atoms with Crippen molar-refractivity contribution in [1.29, 1.82) is 0 Å². The Morgan fingerprint density at radius 3 is 2.45 bits per heavy atom. The maximum Gasteiger partial charge on any atom is 0.482 e. The van der Waals surface area contributed by atoms with E-state index in [1.54, 1.807) is 6.92 Å². The molecule has 2 nitrogen and oxygen atoms in total. The normalized spacial score (nSPS) is 25.3. The first-order valence-corrected chi connectivity index (χ1v) is 6.85. The van der Waals surface area contributed by atoms with Gasteiger partial charge in [0, 0.05) is 5.92 Å². The van der Waals surface area contributed by atoms with Crippen molar-refractivity contribution in [3.63, 3.8) is 0 Å². The second-order valence-corrected chi connectivity index (χ2v) is 5.17. The molecule has 0 aliphatic heterocycles. The average Bonchev–Trinajstić information content (AvgIpc) is 3.12. The third-order valence-electron chi connectivity index (χ3n) is 3.83. The molecule has 1 unspecified atom stereocenters. The van der Waals surface area contributed by atoms with Gasteiger partial charge in [-0.3, -0.25) is 4.79 Å². The third-order valence-corrected chi connectivity index (χ3v) is 3.83. The van der Waals surface area contributed by atoms with Crippen molar-refractivity contribution in [2.75, 3.05) is 6.61 Å². The van der Waals surface area contributed by atoms with Crippen molar-refractivity contribution in [3.8, 4) is 0 Å². The van der Waals surface area contributed by atoms with Crippen LogP contribution in [0.3, 0.4) is 0 Å². The summed E-state index contributed by atoms with van der Waals surface area (Å²) in [5.74, 6) is -3.78. The molecule has 0 aromatic heterocycles. The van der Waals surface area contributed by atoms with Crippen molar-refractivity contribution in [3.05, 3.63) is 35.9 Å². The van der Waals surface area contributed by atoms with Gasteiger partial charge in [0.05, 0.1) is 6.61 Å². The van der Waals surface area contributed by atoms with E-state index in [-0.39, 0.29) is 6.61 Å². The molecule has 0 saturated heterocycles. The van der Waals surface area contributed by atoms with Crippen LogP contribution in [0.25, 0.3) is 0 Å². The van der Waals surface area contributed by atoms with E-state index in [0.29, 0.717) is 12.8 Å². The molecule has 110 valence electrons. The van der Waals surface area contributed by atoms with Crippen LogP contribution < -0.4 is 0 Å². The van der Waals surface area contributed by atoms with Crippen LogP contribution in [0.15, 0.2) is 30.3 Å². The van der Waals surface area contributed by atoms with E-state index in [9.17, 15) is 17.7 Å². The molecule has 20 heavy (non-hydrogen) atoms. The fourth-order valence-electron chi connectivity index (χ4n) is 2.84. The minimum Gasteiger partial charge on any atom is -0.466 e. The summed E-state index contributed by atoms with van der Waals surface area (Å²) in [5.41, 5.74) is 0.996. The fourth-order valence-corrected chi connectivity index (χ4v) is 2.84. The Kier molecular flexibility index (Phi) is 4.40. The quantitative estimate of drug-likeness (QED) is 0.589. The molecule has 1 aliphatic carbocycles. The van der Waals surface area contributed by atoms with Gasteiger partial charge in [-0.1, -0.05) is 42.1 Å². The molecular weight excluding hydrogens is 268 g/mol. The topological polar surface area (TPSA) is 26.3 Å². The highest BCUT2D eigenvalue weighted by atomic mass is 19.4. The number of ether oxygens (including phenoxy) is 1.